The minimum Gasteiger partial charge on any atom is -0.384 e. The van der Waals surface area contributed by atoms with Gasteiger partial charge in [0, 0.05) is 25.3 Å². The van der Waals surface area contributed by atoms with Gasteiger partial charge in [-0.25, -0.2) is 0 Å². The first-order valence-corrected chi connectivity index (χ1v) is 7.49. The molecule has 0 radical (unpaired) electrons. The number of likely N-dealkylation sites (N-methyl/N-ethyl adjacent to an activating group) is 1. The Labute approximate surface area is 125 Å². The molecule has 5 heteroatoms. The van der Waals surface area contributed by atoms with Crippen molar-refractivity contribution in [3.05, 3.63) is 29.8 Å². The fraction of sp³-hybridized carbons (Fsp3) is 0.500. The van der Waals surface area contributed by atoms with Crippen LogP contribution in [0.5, 0.6) is 0 Å². The maximum Gasteiger partial charge on any atom is 0.256 e. The largest absolute Gasteiger partial charge is 0.384 e. The average Bonchev–Trinajstić information content (AvgIpc) is 3.28. The van der Waals surface area contributed by atoms with Crippen molar-refractivity contribution in [2.24, 2.45) is 0 Å². The highest BCUT2D eigenvalue weighted by Gasteiger charge is 2.25. The van der Waals surface area contributed by atoms with Crippen LogP contribution in [0.15, 0.2) is 24.3 Å². The Morgan fingerprint density at radius 2 is 2.00 bits per heavy atom. The highest BCUT2D eigenvalue weighted by Crippen LogP contribution is 2.19. The van der Waals surface area contributed by atoms with E-state index in [-0.39, 0.29) is 18.4 Å². The molecule has 1 fully saturated rings. The minimum absolute atomic E-state index is 0.0904. The zero-order valence-electron chi connectivity index (χ0n) is 12.7. The average molecular weight is 289 g/mol. The van der Waals surface area contributed by atoms with E-state index in [1.807, 2.05) is 18.2 Å². The molecule has 1 aromatic rings. The number of nitrogens with one attached hydrogen (secondary N) is 2. The number of carbonyl (C=O) groups is 2. The van der Waals surface area contributed by atoms with Crippen molar-refractivity contribution in [2.45, 2.75) is 32.2 Å². The first-order chi connectivity index (χ1) is 10.1. The quantitative estimate of drug-likeness (QED) is 0.805. The molecule has 114 valence electrons. The number of carbonyl (C=O) groups excluding carboxylic acids is 2. The molecular formula is C16H23N3O2. The van der Waals surface area contributed by atoms with Crippen LogP contribution in [-0.4, -0.2) is 42.9 Å². The summed E-state index contributed by atoms with van der Waals surface area (Å²) in [4.78, 5) is 25.7. The van der Waals surface area contributed by atoms with Crippen LogP contribution in [0.25, 0.3) is 0 Å². The highest BCUT2D eigenvalue weighted by atomic mass is 16.2. The van der Waals surface area contributed by atoms with E-state index in [0.29, 0.717) is 11.6 Å². The first kappa shape index (κ1) is 15.4. The molecule has 2 amide bonds. The topological polar surface area (TPSA) is 61.4 Å². The molecule has 0 saturated heterocycles. The van der Waals surface area contributed by atoms with E-state index in [1.54, 1.807) is 13.1 Å². The first-order valence-electron chi connectivity index (χ1n) is 7.49. The standard InChI is InChI=1S/C16H23N3O2/c1-3-10-17-14-7-5-4-6-13(14)16(21)19(2)11-15(20)18-12-8-9-12/h4-7,12,17H,3,8-11H2,1-2H3,(H,18,20). The van der Waals surface area contributed by atoms with Crippen LogP contribution in [0.4, 0.5) is 5.69 Å². The van der Waals surface area contributed by atoms with E-state index in [9.17, 15) is 9.59 Å². The van der Waals surface area contributed by atoms with E-state index >= 15 is 0 Å². The number of rotatable bonds is 7. The summed E-state index contributed by atoms with van der Waals surface area (Å²) >= 11 is 0. The third kappa shape index (κ3) is 4.48. The molecule has 0 aliphatic heterocycles. The van der Waals surface area contributed by atoms with Gasteiger partial charge in [-0.2, -0.15) is 0 Å². The van der Waals surface area contributed by atoms with Crippen molar-refractivity contribution in [3.8, 4) is 0 Å². The Morgan fingerprint density at radius 3 is 2.67 bits per heavy atom. The Morgan fingerprint density at radius 1 is 1.29 bits per heavy atom. The molecule has 2 N–H and O–H groups in total. The zero-order chi connectivity index (χ0) is 15.2. The van der Waals surface area contributed by atoms with E-state index < -0.39 is 0 Å². The lowest BCUT2D eigenvalue weighted by atomic mass is 10.1. The fourth-order valence-corrected chi connectivity index (χ4v) is 2.08. The van der Waals surface area contributed by atoms with Gasteiger partial charge in [-0.05, 0) is 31.4 Å². The number of amides is 2. The number of anilines is 1. The van der Waals surface area contributed by atoms with Crippen LogP contribution >= 0.6 is 0 Å². The van der Waals surface area contributed by atoms with Gasteiger partial charge in [0.2, 0.25) is 5.91 Å². The molecular weight excluding hydrogens is 266 g/mol. The van der Waals surface area contributed by atoms with Gasteiger partial charge in [0.05, 0.1) is 12.1 Å². The minimum atomic E-state index is -0.139. The van der Waals surface area contributed by atoms with Gasteiger partial charge in [0.25, 0.3) is 5.91 Å². The maximum absolute atomic E-state index is 12.5. The molecule has 0 bridgehead atoms. The smallest absolute Gasteiger partial charge is 0.256 e. The summed E-state index contributed by atoms with van der Waals surface area (Å²) in [5.74, 6) is -0.229. The predicted octanol–water partition coefficient (Wildman–Crippen LogP) is 1.86. The summed E-state index contributed by atoms with van der Waals surface area (Å²) in [5, 5.41) is 6.14. The lowest BCUT2D eigenvalue weighted by molar-refractivity contribution is -0.121. The van der Waals surface area contributed by atoms with Crippen LogP contribution in [0.1, 0.15) is 36.5 Å². The molecule has 1 aromatic carbocycles. The number of hydrogen-bond acceptors (Lipinski definition) is 3. The zero-order valence-corrected chi connectivity index (χ0v) is 12.7. The number of nitrogens with zero attached hydrogens (tertiary/aromatic N) is 1. The molecule has 21 heavy (non-hydrogen) atoms. The van der Waals surface area contributed by atoms with Crippen molar-refractivity contribution in [3.63, 3.8) is 0 Å². The summed E-state index contributed by atoms with van der Waals surface area (Å²) in [6.07, 6.45) is 3.09. The second kappa shape index (κ2) is 7.11. The molecule has 0 aromatic heterocycles. The van der Waals surface area contributed by atoms with Gasteiger partial charge in [0.15, 0.2) is 0 Å². The predicted molar refractivity (Wildman–Crippen MR) is 83.3 cm³/mol. The molecule has 1 saturated carbocycles. The van der Waals surface area contributed by atoms with Gasteiger partial charge in [-0.3, -0.25) is 9.59 Å². The van der Waals surface area contributed by atoms with Crippen LogP contribution in [0.3, 0.4) is 0 Å². The molecule has 0 atom stereocenters. The SMILES string of the molecule is CCCNc1ccccc1C(=O)N(C)CC(=O)NC1CC1. The molecule has 0 unspecified atom stereocenters. The number of benzene rings is 1. The Hall–Kier alpha value is -2.04. The van der Waals surface area contributed by atoms with Gasteiger partial charge in [0.1, 0.15) is 0 Å². The fourth-order valence-electron chi connectivity index (χ4n) is 2.08. The molecule has 5 nitrogen and oxygen atoms in total. The Kier molecular flexibility index (Phi) is 5.20. The maximum atomic E-state index is 12.5. The third-order valence-electron chi connectivity index (χ3n) is 3.39. The molecule has 0 heterocycles. The van der Waals surface area contributed by atoms with Crippen molar-refractivity contribution < 1.29 is 9.59 Å². The van der Waals surface area contributed by atoms with E-state index in [1.165, 1.54) is 4.90 Å². The van der Waals surface area contributed by atoms with E-state index in [2.05, 4.69) is 17.6 Å². The molecule has 2 rings (SSSR count). The van der Waals surface area contributed by atoms with Crippen LogP contribution in [-0.2, 0) is 4.79 Å². The molecule has 1 aliphatic rings. The monoisotopic (exact) mass is 289 g/mol. The van der Waals surface area contributed by atoms with Gasteiger partial charge >= 0.3 is 0 Å². The lowest BCUT2D eigenvalue weighted by Crippen LogP contribution is -2.39. The van der Waals surface area contributed by atoms with Gasteiger partial charge < -0.3 is 15.5 Å². The van der Waals surface area contributed by atoms with Crippen LogP contribution in [0.2, 0.25) is 0 Å². The van der Waals surface area contributed by atoms with Crippen LogP contribution < -0.4 is 10.6 Å². The normalized spacial score (nSPS) is 13.6. The lowest BCUT2D eigenvalue weighted by Gasteiger charge is -2.19. The summed E-state index contributed by atoms with van der Waals surface area (Å²) in [6, 6.07) is 7.73. The van der Waals surface area contributed by atoms with Crippen LogP contribution in [0, 0.1) is 0 Å². The highest BCUT2D eigenvalue weighted by molar-refractivity contribution is 6.01. The summed E-state index contributed by atoms with van der Waals surface area (Å²) in [5.41, 5.74) is 1.42. The van der Waals surface area contributed by atoms with Crippen molar-refractivity contribution >= 4 is 17.5 Å². The molecule has 1 aliphatic carbocycles. The summed E-state index contributed by atoms with van der Waals surface area (Å²) in [6.45, 7) is 2.99. The van der Waals surface area contributed by atoms with Crippen molar-refractivity contribution in [1.29, 1.82) is 0 Å². The third-order valence-corrected chi connectivity index (χ3v) is 3.39. The van der Waals surface area contributed by atoms with Crippen molar-refractivity contribution in [1.82, 2.24) is 10.2 Å². The van der Waals surface area contributed by atoms with E-state index in [4.69, 9.17) is 0 Å². The summed E-state index contributed by atoms with van der Waals surface area (Å²) < 4.78 is 0. The van der Waals surface area contributed by atoms with Crippen molar-refractivity contribution in [2.75, 3.05) is 25.5 Å². The number of hydrogen-bond donors (Lipinski definition) is 2. The van der Waals surface area contributed by atoms with E-state index in [0.717, 1.165) is 31.5 Å². The Balaban J connectivity index is 1.98. The van der Waals surface area contributed by atoms with Gasteiger partial charge in [-0.15, -0.1) is 0 Å². The second-order valence-electron chi connectivity index (χ2n) is 5.48. The second-order valence-corrected chi connectivity index (χ2v) is 5.48. The number of para-hydroxylation sites is 1. The van der Waals surface area contributed by atoms with Gasteiger partial charge in [-0.1, -0.05) is 19.1 Å². The molecule has 0 spiro atoms. The Bertz CT molecular complexity index is 512. The summed E-state index contributed by atoms with van der Waals surface area (Å²) in [7, 11) is 1.66.